The van der Waals surface area contributed by atoms with E-state index >= 15 is 0 Å². The van der Waals surface area contributed by atoms with Crippen LogP contribution in [0.15, 0.2) is 24.3 Å². The molecule has 0 unspecified atom stereocenters. The quantitative estimate of drug-likeness (QED) is 0.469. The minimum Gasteiger partial charge on any atom is -0.545 e. The molecule has 0 radical (unpaired) electrons. The lowest BCUT2D eigenvalue weighted by atomic mass is 9.91. The van der Waals surface area contributed by atoms with Crippen molar-refractivity contribution in [3.63, 3.8) is 0 Å². The maximum Gasteiger partial charge on any atom is 0.0861 e. The van der Waals surface area contributed by atoms with Crippen LogP contribution in [0.5, 0.6) is 0 Å². The average molecular weight is 589 g/mol. The lowest BCUT2D eigenvalue weighted by Gasteiger charge is -2.27. The molecule has 4 saturated carbocycles. The molecule has 0 amide bonds. The van der Waals surface area contributed by atoms with Gasteiger partial charge in [-0.1, -0.05) is 43.9 Å². The van der Waals surface area contributed by atoms with E-state index in [1.54, 1.807) is 13.8 Å². The second-order valence-corrected chi connectivity index (χ2v) is 13.2. The number of carbonyl (C=O) groups excluding carboxylic acids is 2. The Labute approximate surface area is 255 Å². The molecule has 7 nitrogen and oxygen atoms in total. The third-order valence-electron chi connectivity index (χ3n) is 9.02. The van der Waals surface area contributed by atoms with Crippen LogP contribution in [0.2, 0.25) is 0 Å². The molecule has 4 aliphatic carbocycles. The van der Waals surface area contributed by atoms with Gasteiger partial charge in [0.1, 0.15) is 0 Å². The number of hydrogen-bond acceptors (Lipinski definition) is 5. The third kappa shape index (κ3) is 16.6. The number of carbonyl (C=O) groups is 2. The Bertz CT molecular complexity index is 755. The van der Waals surface area contributed by atoms with E-state index in [4.69, 9.17) is 5.11 Å². The minimum atomic E-state index is -1.40. The van der Waals surface area contributed by atoms with Crippen molar-refractivity contribution in [1.82, 2.24) is 0 Å². The number of nitrogens with two attached hydrogens (primary N) is 2. The second-order valence-electron chi connectivity index (χ2n) is 13.2. The van der Waals surface area contributed by atoms with Gasteiger partial charge in [0.2, 0.25) is 0 Å². The number of hydrogen-bond donors (Lipinski definition) is 3. The fraction of sp³-hybridized carbons (Fsp3) is 0.771. The minimum absolute atomic E-state index is 0.167. The Kier molecular flexibility index (Phi) is 18.7. The molecule has 0 heterocycles. The number of aliphatic hydroxyl groups excluding tert-OH is 1. The first kappa shape index (κ1) is 36.2. The van der Waals surface area contributed by atoms with E-state index in [1.165, 1.54) is 147 Å². The van der Waals surface area contributed by atoms with E-state index in [2.05, 4.69) is 10.6 Å². The summed E-state index contributed by atoms with van der Waals surface area (Å²) in [5.74, 6) is -2.81. The van der Waals surface area contributed by atoms with Crippen LogP contribution >= 0.6 is 0 Å². The van der Waals surface area contributed by atoms with E-state index in [1.807, 2.05) is 0 Å². The summed E-state index contributed by atoms with van der Waals surface area (Å²) in [5.41, 5.74) is -0.339. The lowest BCUT2D eigenvalue weighted by Crippen LogP contribution is -2.95. The van der Waals surface area contributed by atoms with Crippen LogP contribution in [0.4, 0.5) is 0 Å². The predicted octanol–water partition coefficient (Wildman–Crippen LogP) is 3.23. The van der Waals surface area contributed by atoms with Crippen molar-refractivity contribution in [3.05, 3.63) is 35.4 Å². The molecule has 1 aromatic carbocycles. The van der Waals surface area contributed by atoms with E-state index in [0.717, 1.165) is 30.2 Å². The molecular weight excluding hydrogens is 528 g/mol. The van der Waals surface area contributed by atoms with Crippen LogP contribution in [-0.2, 0) is 0 Å². The van der Waals surface area contributed by atoms with Crippen LogP contribution < -0.4 is 20.8 Å². The van der Waals surface area contributed by atoms with E-state index in [0.29, 0.717) is 0 Å². The Morgan fingerprint density at radius 1 is 0.595 bits per heavy atom. The predicted molar refractivity (Wildman–Crippen MR) is 164 cm³/mol. The highest BCUT2D eigenvalue weighted by Crippen LogP contribution is 2.19. The fourth-order valence-corrected chi connectivity index (χ4v) is 6.85. The number of carboxylic acid groups (broad SMARTS) is 2. The molecule has 4 aliphatic rings. The average Bonchev–Trinajstić information content (AvgIpc) is 3.00. The number of aliphatic hydroxyl groups is 1. The van der Waals surface area contributed by atoms with Crippen molar-refractivity contribution >= 4 is 11.9 Å². The molecular formula is C35H60N2O5. The van der Waals surface area contributed by atoms with Gasteiger partial charge in [0, 0.05) is 6.10 Å². The van der Waals surface area contributed by atoms with Crippen LogP contribution in [0.3, 0.4) is 0 Å². The molecule has 0 aliphatic heterocycles. The summed E-state index contributed by atoms with van der Waals surface area (Å²) in [6, 6.07) is 8.80. The van der Waals surface area contributed by atoms with Crippen molar-refractivity contribution in [2.45, 2.75) is 173 Å². The lowest BCUT2D eigenvalue weighted by molar-refractivity contribution is -0.726. The van der Waals surface area contributed by atoms with Gasteiger partial charge in [0.25, 0.3) is 0 Å². The zero-order valence-corrected chi connectivity index (χ0v) is 26.6. The number of carboxylic acids is 2. The summed E-state index contributed by atoms with van der Waals surface area (Å²) in [5, 5.41) is 34.0. The normalized spacial score (nSPS) is 20.7. The molecule has 5 rings (SSSR count). The number of quaternary nitrogens is 2. The van der Waals surface area contributed by atoms with Gasteiger partial charge in [-0.3, -0.25) is 0 Å². The molecule has 0 saturated heterocycles. The number of rotatable bonds is 6. The second kappa shape index (κ2) is 21.7. The smallest absolute Gasteiger partial charge is 0.0861 e. The maximum absolute atomic E-state index is 10.3. The van der Waals surface area contributed by atoms with Crippen LogP contribution in [0, 0.1) is 0 Å². The summed E-state index contributed by atoms with van der Waals surface area (Å²) in [4.78, 5) is 20.5. The highest BCUT2D eigenvalue weighted by atomic mass is 16.4. The van der Waals surface area contributed by atoms with Crippen molar-refractivity contribution in [2.75, 3.05) is 0 Å². The molecule has 240 valence electrons. The SMILES string of the molecule is C1CCC([NH2+]C2CCCCC2)CC1.C1CCC([NH2+]C2CCCCC2)CC1.CC(C)O.O=C([O-])c1cccc(C(=O)[O-])c1. The monoisotopic (exact) mass is 588 g/mol. The van der Waals surface area contributed by atoms with Gasteiger partial charge in [-0.05, 0) is 134 Å². The van der Waals surface area contributed by atoms with Crippen molar-refractivity contribution in [2.24, 2.45) is 0 Å². The Morgan fingerprint density at radius 3 is 1.05 bits per heavy atom. The third-order valence-corrected chi connectivity index (χ3v) is 9.02. The van der Waals surface area contributed by atoms with Gasteiger partial charge < -0.3 is 35.5 Å². The first-order valence-electron chi connectivity index (χ1n) is 17.2. The van der Waals surface area contributed by atoms with Crippen molar-refractivity contribution < 1.29 is 35.5 Å². The van der Waals surface area contributed by atoms with E-state index in [-0.39, 0.29) is 17.2 Å². The van der Waals surface area contributed by atoms with Crippen LogP contribution in [-0.4, -0.2) is 47.3 Å². The summed E-state index contributed by atoms with van der Waals surface area (Å²) >= 11 is 0. The molecule has 0 atom stereocenters. The Hall–Kier alpha value is -1.96. The zero-order chi connectivity index (χ0) is 30.6. The molecule has 0 spiro atoms. The molecule has 0 bridgehead atoms. The van der Waals surface area contributed by atoms with Gasteiger partial charge in [-0.15, -0.1) is 0 Å². The van der Waals surface area contributed by atoms with Crippen LogP contribution in [0.25, 0.3) is 0 Å². The largest absolute Gasteiger partial charge is 0.545 e. The molecule has 0 aromatic heterocycles. The van der Waals surface area contributed by atoms with Gasteiger partial charge in [-0.2, -0.15) is 0 Å². The Morgan fingerprint density at radius 2 is 0.833 bits per heavy atom. The number of benzene rings is 1. The number of aromatic carboxylic acids is 2. The van der Waals surface area contributed by atoms with Gasteiger partial charge in [-0.25, -0.2) is 0 Å². The van der Waals surface area contributed by atoms with Crippen molar-refractivity contribution in [1.29, 1.82) is 0 Å². The highest BCUT2D eigenvalue weighted by Gasteiger charge is 2.23. The molecule has 5 N–H and O–H groups in total. The van der Waals surface area contributed by atoms with Crippen molar-refractivity contribution in [3.8, 4) is 0 Å². The summed E-state index contributed by atoms with van der Waals surface area (Å²) in [6.45, 7) is 3.44. The summed E-state index contributed by atoms with van der Waals surface area (Å²) < 4.78 is 0. The van der Waals surface area contributed by atoms with E-state index in [9.17, 15) is 19.8 Å². The molecule has 4 fully saturated rings. The Balaban J connectivity index is 0.000000207. The first-order chi connectivity index (χ1) is 20.2. The van der Waals surface area contributed by atoms with Gasteiger partial charge >= 0.3 is 0 Å². The topological polar surface area (TPSA) is 134 Å². The van der Waals surface area contributed by atoms with Gasteiger partial charge in [0.15, 0.2) is 0 Å². The van der Waals surface area contributed by atoms with Crippen LogP contribution in [0.1, 0.15) is 163 Å². The van der Waals surface area contributed by atoms with Gasteiger partial charge in [0.05, 0.1) is 36.1 Å². The summed E-state index contributed by atoms with van der Waals surface area (Å²) in [6.07, 6.45) is 29.7. The maximum atomic E-state index is 10.3. The first-order valence-corrected chi connectivity index (χ1v) is 17.2. The van der Waals surface area contributed by atoms with E-state index < -0.39 is 11.9 Å². The summed E-state index contributed by atoms with van der Waals surface area (Å²) in [7, 11) is 0. The standard InChI is InChI=1S/2C12H23N.C8H6O4.C3H8O/c2*1-3-7-11(8-4-1)13-12-9-5-2-6-10-12;9-7(10)5-2-1-3-6(4-5)8(11)12;1-3(2)4/h2*11-13H,1-10H2;1-4H,(H,9,10)(H,11,12);3-4H,1-2H3. The fourth-order valence-electron chi connectivity index (χ4n) is 6.85. The molecule has 1 aromatic rings. The molecule has 7 heteroatoms. The zero-order valence-electron chi connectivity index (χ0n) is 26.6. The highest BCUT2D eigenvalue weighted by molar-refractivity contribution is 5.91. The molecule has 42 heavy (non-hydrogen) atoms.